The van der Waals surface area contributed by atoms with Crippen LogP contribution in [0.25, 0.3) is 5.70 Å². The first-order chi connectivity index (χ1) is 20.1. The van der Waals surface area contributed by atoms with Gasteiger partial charge >= 0.3 is 0 Å². The van der Waals surface area contributed by atoms with E-state index in [1.165, 1.54) is 29.2 Å². The number of nitrogens with zero attached hydrogens (tertiary/aromatic N) is 4. The summed E-state index contributed by atoms with van der Waals surface area (Å²) >= 11 is 0. The van der Waals surface area contributed by atoms with Gasteiger partial charge in [0.15, 0.2) is 0 Å². The van der Waals surface area contributed by atoms with E-state index >= 15 is 0 Å². The average molecular weight is 578 g/mol. The van der Waals surface area contributed by atoms with Crippen molar-refractivity contribution in [1.82, 2.24) is 20.1 Å². The zero-order valence-electron chi connectivity index (χ0n) is 26.4. The van der Waals surface area contributed by atoms with Crippen molar-refractivity contribution in [2.75, 3.05) is 50.7 Å². The third-order valence-corrected chi connectivity index (χ3v) is 8.71. The van der Waals surface area contributed by atoms with Crippen LogP contribution in [0.2, 0.25) is 0 Å². The molecule has 0 unspecified atom stereocenters. The highest BCUT2D eigenvalue weighted by Gasteiger charge is 2.28. The van der Waals surface area contributed by atoms with Gasteiger partial charge in [-0.2, -0.15) is 0 Å². The lowest BCUT2D eigenvalue weighted by atomic mass is 10.0. The molecule has 1 aromatic heterocycles. The molecule has 2 saturated heterocycles. The molecule has 1 aromatic carbocycles. The largest absolute Gasteiger partial charge is 0.381 e. The van der Waals surface area contributed by atoms with Crippen molar-refractivity contribution < 1.29 is 8.78 Å². The topological polar surface area (TPSA) is 34.6 Å². The second-order valence-corrected chi connectivity index (χ2v) is 12.1. The van der Waals surface area contributed by atoms with Gasteiger partial charge in [0.1, 0.15) is 11.6 Å². The summed E-state index contributed by atoms with van der Waals surface area (Å²) in [4.78, 5) is 12.3. The molecule has 2 aliphatic rings. The molecule has 4 rings (SSSR count). The fraction of sp³-hybridized carbons (Fsp3) is 0.514. The van der Waals surface area contributed by atoms with E-state index in [-0.39, 0.29) is 0 Å². The van der Waals surface area contributed by atoms with Gasteiger partial charge in [-0.1, -0.05) is 31.2 Å². The average Bonchev–Trinajstić information content (AvgIpc) is 2.97. The van der Waals surface area contributed by atoms with Crippen LogP contribution in [0.5, 0.6) is 0 Å². The van der Waals surface area contributed by atoms with Crippen molar-refractivity contribution in [3.8, 4) is 0 Å². The van der Waals surface area contributed by atoms with Crippen LogP contribution in [-0.2, 0) is 6.54 Å². The number of likely N-dealkylation sites (tertiary alicyclic amines) is 1. The number of piperidine rings is 1. The molecule has 228 valence electrons. The van der Waals surface area contributed by atoms with Gasteiger partial charge in [-0.05, 0) is 101 Å². The van der Waals surface area contributed by atoms with Gasteiger partial charge in [0, 0.05) is 68.8 Å². The second-order valence-electron chi connectivity index (χ2n) is 12.1. The van der Waals surface area contributed by atoms with Gasteiger partial charge in [-0.3, -0.25) is 9.80 Å². The summed E-state index contributed by atoms with van der Waals surface area (Å²) in [7, 11) is 0. The third-order valence-electron chi connectivity index (χ3n) is 8.71. The summed E-state index contributed by atoms with van der Waals surface area (Å²) in [5, 5.41) is 3.65. The standard InChI is InChI=1S/C35H49F2N5/c1-7-8-34(38-22-30-10-9-25(2)26(3)19-30)31-20-27(4)35(39-23-31)42-17-15-41(16-18-42)32-11-13-40(14-12-32)24-28(5)33(37)21-29(6)36/h8-10,19-21,23,32,38H,7,11-18,22,24H2,1-6H3/b29-21+,33-28-,34-8+. The highest BCUT2D eigenvalue weighted by Crippen LogP contribution is 2.25. The third kappa shape index (κ3) is 8.51. The normalized spacial score (nSPS) is 18.8. The Labute approximate surface area is 252 Å². The fourth-order valence-electron chi connectivity index (χ4n) is 6.10. The van der Waals surface area contributed by atoms with Gasteiger partial charge in [0.25, 0.3) is 0 Å². The number of hydrogen-bond donors (Lipinski definition) is 1. The number of halogens is 2. The number of allylic oxidation sites excluding steroid dienone is 4. The van der Waals surface area contributed by atoms with Crippen molar-refractivity contribution in [3.63, 3.8) is 0 Å². The zero-order chi connectivity index (χ0) is 30.2. The Morgan fingerprint density at radius 2 is 1.67 bits per heavy atom. The Balaban J connectivity index is 1.29. The van der Waals surface area contributed by atoms with Crippen LogP contribution in [0.4, 0.5) is 14.6 Å². The Morgan fingerprint density at radius 1 is 0.952 bits per heavy atom. The van der Waals surface area contributed by atoms with Crippen LogP contribution in [0.3, 0.4) is 0 Å². The lowest BCUT2D eigenvalue weighted by Gasteiger charge is -2.43. The van der Waals surface area contributed by atoms with Gasteiger partial charge < -0.3 is 10.2 Å². The van der Waals surface area contributed by atoms with E-state index in [9.17, 15) is 8.78 Å². The van der Waals surface area contributed by atoms with Crippen LogP contribution >= 0.6 is 0 Å². The minimum absolute atomic E-state index is 0.448. The van der Waals surface area contributed by atoms with Gasteiger partial charge in [-0.15, -0.1) is 0 Å². The number of aryl methyl sites for hydroxylation is 3. The molecule has 5 nitrogen and oxygen atoms in total. The molecule has 1 N–H and O–H groups in total. The summed E-state index contributed by atoms with van der Waals surface area (Å²) in [5.41, 5.74) is 8.00. The maximum Gasteiger partial charge on any atom is 0.131 e. The highest BCUT2D eigenvalue weighted by atomic mass is 19.1. The smallest absolute Gasteiger partial charge is 0.131 e. The van der Waals surface area contributed by atoms with Crippen LogP contribution in [-0.4, -0.2) is 66.6 Å². The van der Waals surface area contributed by atoms with Crippen molar-refractivity contribution in [1.29, 1.82) is 0 Å². The number of pyridine rings is 1. The van der Waals surface area contributed by atoms with E-state index < -0.39 is 11.7 Å². The molecule has 2 aliphatic heterocycles. The molecule has 0 aliphatic carbocycles. The predicted molar refractivity (Wildman–Crippen MR) is 172 cm³/mol. The predicted octanol–water partition coefficient (Wildman–Crippen LogP) is 7.25. The first kappa shape index (κ1) is 31.9. The van der Waals surface area contributed by atoms with Gasteiger partial charge in [0.2, 0.25) is 0 Å². The number of hydrogen-bond acceptors (Lipinski definition) is 5. The molecule has 3 heterocycles. The molecule has 2 aromatic rings. The number of aromatic nitrogens is 1. The molecule has 0 saturated carbocycles. The van der Waals surface area contributed by atoms with Gasteiger partial charge in [0.05, 0.1) is 5.83 Å². The monoisotopic (exact) mass is 577 g/mol. The van der Waals surface area contributed by atoms with E-state index in [4.69, 9.17) is 4.98 Å². The lowest BCUT2D eigenvalue weighted by Crippen LogP contribution is -2.53. The summed E-state index contributed by atoms with van der Waals surface area (Å²) in [6.07, 6.45) is 8.37. The molecule has 0 bridgehead atoms. The summed E-state index contributed by atoms with van der Waals surface area (Å²) in [6.45, 7) is 18.9. The number of anilines is 1. The summed E-state index contributed by atoms with van der Waals surface area (Å²) in [5.74, 6) is 0.140. The Morgan fingerprint density at radius 3 is 2.29 bits per heavy atom. The van der Waals surface area contributed by atoms with E-state index in [1.54, 1.807) is 6.92 Å². The van der Waals surface area contributed by atoms with Crippen molar-refractivity contribution in [2.45, 2.75) is 73.4 Å². The summed E-state index contributed by atoms with van der Waals surface area (Å²) < 4.78 is 27.1. The SMILES string of the molecule is CC/C=C(/NCc1ccc(C)c(C)c1)c1cnc(N2CCN(C3CCN(C/C(C)=C(F)/C=C(\C)F)CC3)CC2)c(C)c1. The van der Waals surface area contributed by atoms with Crippen LogP contribution in [0.15, 0.2) is 59.8 Å². The molecule has 0 spiro atoms. The van der Waals surface area contributed by atoms with Gasteiger partial charge in [-0.25, -0.2) is 13.8 Å². The number of nitrogens with one attached hydrogen (secondary N) is 1. The van der Waals surface area contributed by atoms with E-state index in [0.717, 1.165) is 88.2 Å². The minimum atomic E-state index is -0.495. The van der Waals surface area contributed by atoms with Crippen LogP contribution in [0, 0.1) is 20.8 Å². The molecule has 7 heteroatoms. The quantitative estimate of drug-likeness (QED) is 0.301. The number of rotatable bonds is 10. The molecule has 0 radical (unpaired) electrons. The maximum absolute atomic E-state index is 14.1. The Kier molecular flexibility index (Phi) is 11.3. The van der Waals surface area contributed by atoms with E-state index in [0.29, 0.717) is 18.2 Å². The number of benzene rings is 1. The van der Waals surface area contributed by atoms with Crippen LogP contribution in [0.1, 0.15) is 67.9 Å². The zero-order valence-corrected chi connectivity index (χ0v) is 26.4. The molecular formula is C35H49F2N5. The highest BCUT2D eigenvalue weighted by molar-refractivity contribution is 5.66. The second kappa shape index (κ2) is 14.9. The van der Waals surface area contributed by atoms with Crippen molar-refractivity contribution in [3.05, 3.63) is 87.7 Å². The number of piperazine rings is 1. The molecule has 42 heavy (non-hydrogen) atoms. The van der Waals surface area contributed by atoms with E-state index in [2.05, 4.69) is 78.1 Å². The van der Waals surface area contributed by atoms with E-state index in [1.807, 2.05) is 6.20 Å². The first-order valence-electron chi connectivity index (χ1n) is 15.5. The summed E-state index contributed by atoms with van der Waals surface area (Å²) in [6, 6.07) is 9.48. The van der Waals surface area contributed by atoms with Crippen molar-refractivity contribution in [2.24, 2.45) is 0 Å². The fourth-order valence-corrected chi connectivity index (χ4v) is 6.10. The molecule has 0 atom stereocenters. The minimum Gasteiger partial charge on any atom is -0.381 e. The Hall–Kier alpha value is -3.03. The maximum atomic E-state index is 14.1. The van der Waals surface area contributed by atoms with Crippen LogP contribution < -0.4 is 10.2 Å². The first-order valence-corrected chi connectivity index (χ1v) is 15.5. The molecule has 2 fully saturated rings. The van der Waals surface area contributed by atoms with Crippen molar-refractivity contribution >= 4 is 11.5 Å². The Bertz CT molecular complexity index is 1290. The lowest BCUT2D eigenvalue weighted by molar-refractivity contribution is 0.107. The molecule has 0 amide bonds. The molecular weight excluding hydrogens is 528 g/mol.